The second-order valence-electron chi connectivity index (χ2n) is 12.0. The summed E-state index contributed by atoms with van der Waals surface area (Å²) >= 11 is 0. The maximum atomic E-state index is 12.5. The summed E-state index contributed by atoms with van der Waals surface area (Å²) in [5.74, 6) is -0.679. The molecule has 8 nitrogen and oxygen atoms in total. The van der Waals surface area contributed by atoms with Gasteiger partial charge in [-0.25, -0.2) is 4.79 Å². The Balaban J connectivity index is 1.50. The molecular formula is C30H39NO7. The molecule has 1 saturated heterocycles. The number of hydrogen-bond donors (Lipinski definition) is 1. The Hall–Kier alpha value is -2.87. The lowest BCUT2D eigenvalue weighted by molar-refractivity contribution is -0.214. The van der Waals surface area contributed by atoms with Crippen molar-refractivity contribution in [3.63, 3.8) is 0 Å². The summed E-state index contributed by atoms with van der Waals surface area (Å²) < 4.78 is 23.6. The predicted octanol–water partition coefficient (Wildman–Crippen LogP) is 4.44. The van der Waals surface area contributed by atoms with E-state index in [9.17, 15) is 14.4 Å². The first kappa shape index (κ1) is 26.7. The Morgan fingerprint density at radius 2 is 1.82 bits per heavy atom. The van der Waals surface area contributed by atoms with Gasteiger partial charge in [-0.1, -0.05) is 32.0 Å². The van der Waals surface area contributed by atoms with E-state index in [-0.39, 0.29) is 54.0 Å². The molecule has 38 heavy (non-hydrogen) atoms. The molecule has 3 fully saturated rings. The lowest BCUT2D eigenvalue weighted by Gasteiger charge is -2.62. The average molecular weight is 526 g/mol. The molecule has 206 valence electrons. The van der Waals surface area contributed by atoms with E-state index in [2.05, 4.69) is 19.2 Å². The number of hydrogen-bond acceptors (Lipinski definition) is 8. The van der Waals surface area contributed by atoms with Crippen LogP contribution < -0.4 is 5.32 Å². The van der Waals surface area contributed by atoms with Crippen LogP contribution in [0.25, 0.3) is 0 Å². The minimum absolute atomic E-state index is 0.133. The van der Waals surface area contributed by atoms with Crippen molar-refractivity contribution < 1.29 is 33.3 Å². The zero-order chi connectivity index (χ0) is 27.1. The fourth-order valence-electron chi connectivity index (χ4n) is 8.07. The highest BCUT2D eigenvalue weighted by Crippen LogP contribution is 2.66. The Morgan fingerprint density at radius 3 is 2.47 bits per heavy atom. The lowest BCUT2D eigenvalue weighted by Crippen LogP contribution is -2.63. The number of ether oxygens (including phenoxy) is 4. The van der Waals surface area contributed by atoms with Gasteiger partial charge in [0, 0.05) is 31.5 Å². The van der Waals surface area contributed by atoms with Crippen molar-refractivity contribution in [3.8, 4) is 0 Å². The largest absolute Gasteiger partial charge is 0.465 e. The van der Waals surface area contributed by atoms with Crippen LogP contribution >= 0.6 is 0 Å². The lowest BCUT2D eigenvalue weighted by atomic mass is 9.44. The van der Waals surface area contributed by atoms with Gasteiger partial charge in [-0.15, -0.1) is 0 Å². The number of carbonyl (C=O) groups is 3. The molecule has 0 aromatic heterocycles. The van der Waals surface area contributed by atoms with E-state index in [1.54, 1.807) is 0 Å². The molecule has 5 rings (SSSR count). The normalized spacial score (nSPS) is 37.9. The first-order valence-electron chi connectivity index (χ1n) is 13.7. The minimum atomic E-state index is -0.535. The van der Waals surface area contributed by atoms with Crippen LogP contribution in [-0.2, 0) is 33.3 Å². The minimum Gasteiger partial charge on any atom is -0.465 e. The van der Waals surface area contributed by atoms with Gasteiger partial charge in [0.05, 0.1) is 17.3 Å². The smallest absolute Gasteiger partial charge is 0.336 e. The SMILES string of the molecule is CC(=O)OC[C@@]1(C)[C@H]2CC[C@]3(CNc4ccccc4)O[C@H](C4=CCOC4=O)C[C@H]3[C@]2(C)CC[C@H]1OC(C)=O. The number of esters is 3. The highest BCUT2D eigenvalue weighted by atomic mass is 16.6. The number of nitrogens with one attached hydrogen (secondary N) is 1. The number of benzene rings is 1. The van der Waals surface area contributed by atoms with Crippen molar-refractivity contribution >= 4 is 23.6 Å². The van der Waals surface area contributed by atoms with Crippen LogP contribution in [0.15, 0.2) is 42.0 Å². The van der Waals surface area contributed by atoms with Gasteiger partial charge < -0.3 is 24.3 Å². The molecule has 4 aliphatic rings. The van der Waals surface area contributed by atoms with Crippen molar-refractivity contribution in [2.45, 2.75) is 77.6 Å². The van der Waals surface area contributed by atoms with Crippen molar-refractivity contribution in [1.82, 2.24) is 0 Å². The Morgan fingerprint density at radius 1 is 1.05 bits per heavy atom. The van der Waals surface area contributed by atoms with Gasteiger partial charge in [-0.05, 0) is 67.6 Å². The van der Waals surface area contributed by atoms with E-state index >= 15 is 0 Å². The molecule has 2 heterocycles. The van der Waals surface area contributed by atoms with E-state index in [1.165, 1.54) is 13.8 Å². The molecule has 8 heteroatoms. The molecule has 0 spiro atoms. The molecule has 0 radical (unpaired) electrons. The molecule has 0 bridgehead atoms. The summed E-state index contributed by atoms with van der Waals surface area (Å²) in [6.07, 6.45) is 5.04. The van der Waals surface area contributed by atoms with Crippen molar-refractivity contribution in [2.75, 3.05) is 25.1 Å². The molecule has 0 unspecified atom stereocenters. The fourth-order valence-corrected chi connectivity index (χ4v) is 8.07. The van der Waals surface area contributed by atoms with E-state index in [0.29, 0.717) is 31.6 Å². The molecular weight excluding hydrogens is 486 g/mol. The number of para-hydroxylation sites is 1. The second kappa shape index (κ2) is 10.0. The van der Waals surface area contributed by atoms with Gasteiger partial charge in [0.1, 0.15) is 19.3 Å². The zero-order valence-corrected chi connectivity index (χ0v) is 22.8. The first-order valence-corrected chi connectivity index (χ1v) is 13.7. The maximum Gasteiger partial charge on any atom is 0.336 e. The molecule has 2 saturated carbocycles. The van der Waals surface area contributed by atoms with Gasteiger partial charge in [-0.2, -0.15) is 0 Å². The van der Waals surface area contributed by atoms with Gasteiger partial charge in [0.15, 0.2) is 0 Å². The van der Waals surface area contributed by atoms with Gasteiger partial charge in [-0.3, -0.25) is 9.59 Å². The Kier molecular flexibility index (Phi) is 7.05. The molecule has 1 aromatic rings. The third-order valence-electron chi connectivity index (χ3n) is 9.75. The van der Waals surface area contributed by atoms with Crippen molar-refractivity contribution in [1.29, 1.82) is 0 Å². The summed E-state index contributed by atoms with van der Waals surface area (Å²) in [4.78, 5) is 36.4. The number of cyclic esters (lactones) is 1. The zero-order valence-electron chi connectivity index (χ0n) is 22.8. The molecule has 0 amide bonds. The third kappa shape index (κ3) is 4.61. The van der Waals surface area contributed by atoms with Crippen LogP contribution in [0.5, 0.6) is 0 Å². The topological polar surface area (TPSA) is 100 Å². The van der Waals surface area contributed by atoms with Crippen LogP contribution in [0.1, 0.15) is 59.8 Å². The molecule has 1 aromatic carbocycles. The summed E-state index contributed by atoms with van der Waals surface area (Å²) in [5, 5.41) is 3.61. The maximum absolute atomic E-state index is 12.5. The first-order chi connectivity index (χ1) is 18.1. The average Bonchev–Trinajstić information content (AvgIpc) is 3.48. The molecule has 2 aliphatic carbocycles. The predicted molar refractivity (Wildman–Crippen MR) is 140 cm³/mol. The Bertz CT molecular complexity index is 1120. The summed E-state index contributed by atoms with van der Waals surface area (Å²) in [5.41, 5.74) is 0.451. The molecule has 1 N–H and O–H groups in total. The van der Waals surface area contributed by atoms with Crippen molar-refractivity contribution in [2.24, 2.45) is 22.7 Å². The van der Waals surface area contributed by atoms with Gasteiger partial charge >= 0.3 is 17.9 Å². The highest BCUT2D eigenvalue weighted by molar-refractivity contribution is 5.91. The summed E-state index contributed by atoms with van der Waals surface area (Å²) in [6.45, 7) is 8.38. The summed E-state index contributed by atoms with van der Waals surface area (Å²) in [6, 6.07) is 10.1. The third-order valence-corrected chi connectivity index (χ3v) is 9.75. The number of fused-ring (bicyclic) bond motifs is 3. The summed E-state index contributed by atoms with van der Waals surface area (Å²) in [7, 11) is 0. The number of carbonyl (C=O) groups excluding carboxylic acids is 3. The quantitative estimate of drug-likeness (QED) is 0.412. The number of rotatable bonds is 7. The van der Waals surface area contributed by atoms with Crippen molar-refractivity contribution in [3.05, 3.63) is 42.0 Å². The van der Waals surface area contributed by atoms with E-state index in [1.807, 2.05) is 36.4 Å². The van der Waals surface area contributed by atoms with Crippen LogP contribution in [0.3, 0.4) is 0 Å². The van der Waals surface area contributed by atoms with Gasteiger partial charge in [0.2, 0.25) is 0 Å². The molecule has 7 atom stereocenters. The van der Waals surface area contributed by atoms with Crippen LogP contribution in [-0.4, -0.2) is 55.5 Å². The van der Waals surface area contributed by atoms with Crippen LogP contribution in [0.2, 0.25) is 0 Å². The van der Waals surface area contributed by atoms with E-state index < -0.39 is 11.0 Å². The van der Waals surface area contributed by atoms with E-state index in [0.717, 1.165) is 24.9 Å². The monoisotopic (exact) mass is 525 g/mol. The highest BCUT2D eigenvalue weighted by Gasteiger charge is 2.67. The standard InChI is InChI=1S/C30H39NO7/c1-19(32)36-18-29(4)24-10-14-30(17-31-21-8-6-5-7-9-21)25(16-23(38-30)22-12-15-35-27(22)34)28(24,3)13-11-26(29)37-20(2)33/h5-9,12,23-26,31H,10-11,13-18H2,1-4H3/t23-,24-,25-,26+,28+,29-,30+/m0/s1. The second-order valence-corrected chi connectivity index (χ2v) is 12.0. The molecule has 2 aliphatic heterocycles. The van der Waals surface area contributed by atoms with E-state index in [4.69, 9.17) is 18.9 Å². The van der Waals surface area contributed by atoms with Crippen LogP contribution in [0.4, 0.5) is 5.69 Å². The fraction of sp³-hybridized carbons (Fsp3) is 0.633. The Labute approximate surface area is 224 Å². The van der Waals surface area contributed by atoms with Gasteiger partial charge in [0.25, 0.3) is 0 Å². The van der Waals surface area contributed by atoms with Crippen LogP contribution in [0, 0.1) is 22.7 Å². The number of anilines is 1.